The molecular weight excluding hydrogens is 513 g/mol. The summed E-state index contributed by atoms with van der Waals surface area (Å²) in [4.78, 5) is 21.6. The molecule has 2 aromatic heterocycles. The second-order valence-corrected chi connectivity index (χ2v) is 9.93. The van der Waals surface area contributed by atoms with Crippen molar-refractivity contribution in [3.05, 3.63) is 71.7 Å². The molecule has 1 unspecified atom stereocenters. The van der Waals surface area contributed by atoms with E-state index in [1.54, 1.807) is 31.2 Å². The van der Waals surface area contributed by atoms with Crippen LogP contribution >= 0.6 is 0 Å². The average molecular weight is 530 g/mol. The summed E-state index contributed by atoms with van der Waals surface area (Å²) in [6.07, 6.45) is -1.56. The van der Waals surface area contributed by atoms with Crippen LogP contribution in [0.1, 0.15) is 34.6 Å². The number of nitriles is 1. The standard InChI is InChI=1S/C23H17F3N6O4S/c1-13(29-22(33)15-7-16(36-23(24,25)26)9-17(8-15)37(2,34)35)20-21(32-12-14(10-27)11-28-32)31-19-6-4-3-5-18(19)30-20/h3-9,11-13H,1-2H3,(H,29,33). The van der Waals surface area contributed by atoms with Gasteiger partial charge in [-0.15, -0.1) is 13.2 Å². The first-order valence-electron chi connectivity index (χ1n) is 10.5. The number of benzene rings is 2. The minimum absolute atomic E-state index is 0.207. The molecule has 4 rings (SSSR count). The third kappa shape index (κ3) is 5.84. The van der Waals surface area contributed by atoms with Crippen molar-refractivity contribution in [1.29, 1.82) is 5.26 Å². The molecule has 2 aromatic carbocycles. The number of fused-ring (bicyclic) bond motifs is 1. The first kappa shape index (κ1) is 25.6. The van der Waals surface area contributed by atoms with E-state index in [4.69, 9.17) is 5.26 Å². The van der Waals surface area contributed by atoms with E-state index in [0.717, 1.165) is 18.4 Å². The van der Waals surface area contributed by atoms with Crippen LogP contribution in [-0.2, 0) is 9.84 Å². The van der Waals surface area contributed by atoms with Crippen LogP contribution in [0.25, 0.3) is 16.9 Å². The van der Waals surface area contributed by atoms with Crippen LogP contribution in [-0.4, -0.2) is 46.7 Å². The summed E-state index contributed by atoms with van der Waals surface area (Å²) >= 11 is 0. The highest BCUT2D eigenvalue weighted by atomic mass is 32.2. The summed E-state index contributed by atoms with van der Waals surface area (Å²) in [7, 11) is -3.97. The minimum atomic E-state index is -5.10. The zero-order valence-electron chi connectivity index (χ0n) is 19.2. The molecule has 4 aromatic rings. The predicted octanol–water partition coefficient (Wildman–Crippen LogP) is 3.48. The highest BCUT2D eigenvalue weighted by Gasteiger charge is 2.32. The second kappa shape index (κ2) is 9.51. The Labute approximate surface area is 208 Å². The van der Waals surface area contributed by atoms with Crippen LogP contribution < -0.4 is 10.1 Å². The number of sulfone groups is 1. The van der Waals surface area contributed by atoms with Crippen LogP contribution in [0.5, 0.6) is 5.75 Å². The summed E-state index contributed by atoms with van der Waals surface area (Å²) in [5.41, 5.74) is 1.13. The van der Waals surface area contributed by atoms with E-state index >= 15 is 0 Å². The molecule has 1 atom stereocenters. The van der Waals surface area contributed by atoms with E-state index in [1.807, 2.05) is 6.07 Å². The first-order valence-corrected chi connectivity index (χ1v) is 12.4. The van der Waals surface area contributed by atoms with E-state index in [1.165, 1.54) is 17.1 Å². The number of rotatable bonds is 6. The summed E-state index contributed by atoms with van der Waals surface area (Å²) in [6, 6.07) is 10.4. The third-order valence-electron chi connectivity index (χ3n) is 5.07. The van der Waals surface area contributed by atoms with Crippen LogP contribution in [0.15, 0.2) is 59.8 Å². The van der Waals surface area contributed by atoms with E-state index in [0.29, 0.717) is 17.1 Å². The fourth-order valence-corrected chi connectivity index (χ4v) is 4.09. The van der Waals surface area contributed by atoms with Gasteiger partial charge in [-0.05, 0) is 37.3 Å². The van der Waals surface area contributed by atoms with Crippen molar-refractivity contribution in [2.75, 3.05) is 6.26 Å². The molecule has 0 radical (unpaired) electrons. The van der Waals surface area contributed by atoms with Crippen molar-refractivity contribution in [2.24, 2.45) is 0 Å². The molecule has 0 aliphatic rings. The lowest BCUT2D eigenvalue weighted by Crippen LogP contribution is -2.29. The molecule has 37 heavy (non-hydrogen) atoms. The molecular formula is C23H17F3N6O4S. The first-order chi connectivity index (χ1) is 17.3. The summed E-state index contributed by atoms with van der Waals surface area (Å²) in [5, 5.41) is 15.9. The zero-order chi connectivity index (χ0) is 27.0. The summed E-state index contributed by atoms with van der Waals surface area (Å²) in [5.74, 6) is -1.54. The maximum absolute atomic E-state index is 13.0. The van der Waals surface area contributed by atoms with Gasteiger partial charge in [-0.3, -0.25) is 4.79 Å². The summed E-state index contributed by atoms with van der Waals surface area (Å²) < 4.78 is 67.5. The Balaban J connectivity index is 1.74. The monoisotopic (exact) mass is 530 g/mol. The van der Waals surface area contributed by atoms with Gasteiger partial charge in [-0.1, -0.05) is 12.1 Å². The summed E-state index contributed by atoms with van der Waals surface area (Å²) in [6.45, 7) is 1.56. The minimum Gasteiger partial charge on any atom is -0.406 e. The van der Waals surface area contributed by atoms with E-state index in [2.05, 4.69) is 25.1 Å². The SMILES string of the molecule is CC(NC(=O)c1cc(OC(F)(F)F)cc(S(C)(=O)=O)c1)c1nc2ccccc2nc1-n1cc(C#N)cn1. The molecule has 0 saturated heterocycles. The Kier molecular flexibility index (Phi) is 6.57. The molecule has 0 aliphatic heterocycles. The highest BCUT2D eigenvalue weighted by Crippen LogP contribution is 2.28. The van der Waals surface area contributed by atoms with Gasteiger partial charge in [0.2, 0.25) is 0 Å². The lowest BCUT2D eigenvalue weighted by Gasteiger charge is -2.18. The van der Waals surface area contributed by atoms with Gasteiger partial charge in [0.05, 0.1) is 39.9 Å². The van der Waals surface area contributed by atoms with E-state index in [-0.39, 0.29) is 22.6 Å². The van der Waals surface area contributed by atoms with Gasteiger partial charge in [-0.25, -0.2) is 23.1 Å². The molecule has 10 nitrogen and oxygen atoms in total. The molecule has 1 amide bonds. The topological polar surface area (TPSA) is 140 Å². The van der Waals surface area contributed by atoms with Crippen molar-refractivity contribution in [3.63, 3.8) is 0 Å². The number of halogens is 3. The number of nitrogens with one attached hydrogen (secondary N) is 1. The second-order valence-electron chi connectivity index (χ2n) is 7.91. The number of carbonyl (C=O) groups excluding carboxylic acids is 1. The Morgan fingerprint density at radius 2 is 1.84 bits per heavy atom. The van der Waals surface area contributed by atoms with Gasteiger partial charge in [0.25, 0.3) is 5.91 Å². The van der Waals surface area contributed by atoms with Crippen molar-refractivity contribution in [2.45, 2.75) is 24.2 Å². The molecule has 14 heteroatoms. The van der Waals surface area contributed by atoms with E-state index < -0.39 is 38.8 Å². The normalized spacial score (nSPS) is 12.6. The average Bonchev–Trinajstić information content (AvgIpc) is 3.30. The van der Waals surface area contributed by atoms with Gasteiger partial charge in [0.15, 0.2) is 15.7 Å². The number of hydrogen-bond acceptors (Lipinski definition) is 8. The largest absolute Gasteiger partial charge is 0.573 e. The molecule has 0 saturated carbocycles. The quantitative estimate of drug-likeness (QED) is 0.400. The van der Waals surface area contributed by atoms with Gasteiger partial charge >= 0.3 is 6.36 Å². The van der Waals surface area contributed by atoms with Crippen LogP contribution in [0.4, 0.5) is 13.2 Å². The Morgan fingerprint density at radius 3 is 2.43 bits per heavy atom. The van der Waals surface area contributed by atoms with Gasteiger partial charge in [0.1, 0.15) is 17.5 Å². The van der Waals surface area contributed by atoms with Crippen molar-refractivity contribution >= 4 is 26.8 Å². The predicted molar refractivity (Wildman–Crippen MR) is 123 cm³/mol. The maximum atomic E-state index is 13.0. The molecule has 0 spiro atoms. The highest BCUT2D eigenvalue weighted by molar-refractivity contribution is 7.90. The van der Waals surface area contributed by atoms with Crippen molar-refractivity contribution < 1.29 is 31.1 Å². The van der Waals surface area contributed by atoms with Crippen molar-refractivity contribution in [1.82, 2.24) is 25.1 Å². The Bertz CT molecular complexity index is 1660. The molecule has 2 heterocycles. The number of carbonyl (C=O) groups is 1. The molecule has 0 aliphatic carbocycles. The van der Waals surface area contributed by atoms with Crippen molar-refractivity contribution in [3.8, 4) is 17.6 Å². The van der Waals surface area contributed by atoms with Gasteiger partial charge in [0, 0.05) is 11.8 Å². The van der Waals surface area contributed by atoms with Crippen LogP contribution in [0.2, 0.25) is 0 Å². The Morgan fingerprint density at radius 1 is 1.16 bits per heavy atom. The van der Waals surface area contributed by atoms with Crippen LogP contribution in [0.3, 0.4) is 0 Å². The van der Waals surface area contributed by atoms with Crippen LogP contribution in [0, 0.1) is 11.3 Å². The maximum Gasteiger partial charge on any atom is 0.573 e. The number of para-hydroxylation sites is 2. The smallest absolute Gasteiger partial charge is 0.406 e. The number of amides is 1. The molecule has 190 valence electrons. The van der Waals surface area contributed by atoms with Gasteiger partial charge < -0.3 is 10.1 Å². The van der Waals surface area contributed by atoms with E-state index in [9.17, 15) is 26.4 Å². The molecule has 1 N–H and O–H groups in total. The van der Waals surface area contributed by atoms with Gasteiger partial charge in [-0.2, -0.15) is 10.4 Å². The number of hydrogen-bond donors (Lipinski definition) is 1. The number of ether oxygens (including phenoxy) is 1. The molecule has 0 fully saturated rings. The number of nitrogens with zero attached hydrogens (tertiary/aromatic N) is 5. The lowest BCUT2D eigenvalue weighted by atomic mass is 10.1. The third-order valence-corrected chi connectivity index (χ3v) is 6.16. The number of alkyl halides is 3. The molecule has 0 bridgehead atoms. The number of aromatic nitrogens is 4. The fraction of sp³-hybridized carbons (Fsp3) is 0.174. The fourth-order valence-electron chi connectivity index (χ4n) is 3.42. The zero-order valence-corrected chi connectivity index (χ0v) is 20.0. The lowest BCUT2D eigenvalue weighted by molar-refractivity contribution is -0.274. The Hall–Kier alpha value is -4.51.